The third-order valence-corrected chi connectivity index (χ3v) is 3.05. The molecule has 0 saturated heterocycles. The van der Waals surface area contributed by atoms with Crippen molar-refractivity contribution in [2.75, 3.05) is 11.1 Å². The van der Waals surface area contributed by atoms with E-state index in [0.717, 1.165) is 30.4 Å². The first-order valence-corrected chi connectivity index (χ1v) is 6.12. The minimum absolute atomic E-state index is 0.564. The Morgan fingerprint density at radius 1 is 1.44 bits per heavy atom. The molecule has 0 bridgehead atoms. The SMILES string of the molecule is CCCc1nc(N)cc(NC2CC2CC)n1. The van der Waals surface area contributed by atoms with Gasteiger partial charge in [0, 0.05) is 18.5 Å². The zero-order valence-electron chi connectivity index (χ0n) is 10.0. The molecule has 2 atom stereocenters. The molecule has 2 unspecified atom stereocenters. The lowest BCUT2D eigenvalue weighted by molar-refractivity contribution is 0.771. The molecule has 4 heteroatoms. The Balaban J connectivity index is 2.03. The predicted molar refractivity (Wildman–Crippen MR) is 66.2 cm³/mol. The number of hydrogen-bond donors (Lipinski definition) is 2. The van der Waals surface area contributed by atoms with Crippen LogP contribution < -0.4 is 11.1 Å². The van der Waals surface area contributed by atoms with E-state index in [-0.39, 0.29) is 0 Å². The maximum Gasteiger partial charge on any atom is 0.133 e. The van der Waals surface area contributed by atoms with Crippen LogP contribution in [0.5, 0.6) is 0 Å². The molecule has 1 aromatic rings. The fraction of sp³-hybridized carbons (Fsp3) is 0.667. The molecule has 0 spiro atoms. The van der Waals surface area contributed by atoms with Gasteiger partial charge in [-0.15, -0.1) is 0 Å². The summed E-state index contributed by atoms with van der Waals surface area (Å²) in [6.07, 6.45) is 4.43. The second-order valence-electron chi connectivity index (χ2n) is 4.50. The number of nitrogens with two attached hydrogens (primary N) is 1. The first-order valence-electron chi connectivity index (χ1n) is 6.12. The Morgan fingerprint density at radius 2 is 2.25 bits per heavy atom. The highest BCUT2D eigenvalue weighted by atomic mass is 15.1. The van der Waals surface area contributed by atoms with Crippen molar-refractivity contribution in [1.82, 2.24) is 9.97 Å². The fourth-order valence-electron chi connectivity index (χ4n) is 1.99. The van der Waals surface area contributed by atoms with Crippen molar-refractivity contribution >= 4 is 11.6 Å². The minimum Gasteiger partial charge on any atom is -0.384 e. The molecule has 0 aromatic carbocycles. The van der Waals surface area contributed by atoms with Gasteiger partial charge in [0.2, 0.25) is 0 Å². The van der Waals surface area contributed by atoms with Gasteiger partial charge in [0.25, 0.3) is 0 Å². The highest BCUT2D eigenvalue weighted by Gasteiger charge is 2.35. The highest BCUT2D eigenvalue weighted by Crippen LogP contribution is 2.35. The van der Waals surface area contributed by atoms with Crippen molar-refractivity contribution in [2.45, 2.75) is 45.6 Å². The lowest BCUT2D eigenvalue weighted by Gasteiger charge is -2.07. The van der Waals surface area contributed by atoms with Crippen molar-refractivity contribution in [2.24, 2.45) is 5.92 Å². The molecule has 4 nitrogen and oxygen atoms in total. The van der Waals surface area contributed by atoms with Crippen molar-refractivity contribution in [3.8, 4) is 0 Å². The smallest absolute Gasteiger partial charge is 0.133 e. The monoisotopic (exact) mass is 220 g/mol. The average Bonchev–Trinajstić information content (AvgIpc) is 2.96. The van der Waals surface area contributed by atoms with Crippen LogP contribution >= 0.6 is 0 Å². The maximum absolute atomic E-state index is 5.76. The zero-order valence-corrected chi connectivity index (χ0v) is 10.0. The van der Waals surface area contributed by atoms with Crippen molar-refractivity contribution in [3.05, 3.63) is 11.9 Å². The summed E-state index contributed by atoms with van der Waals surface area (Å²) in [5, 5.41) is 3.43. The minimum atomic E-state index is 0.564. The molecule has 88 valence electrons. The standard InChI is InChI=1S/C12H20N4/c1-3-5-11-15-10(13)7-12(16-11)14-9-6-8(9)4-2/h7-9H,3-6H2,1-2H3,(H3,13,14,15,16). The van der Waals surface area contributed by atoms with E-state index in [1.54, 1.807) is 0 Å². The van der Waals surface area contributed by atoms with E-state index in [2.05, 4.69) is 29.1 Å². The van der Waals surface area contributed by atoms with Crippen LogP contribution in [0, 0.1) is 5.92 Å². The number of aromatic nitrogens is 2. The number of aryl methyl sites for hydroxylation is 1. The molecule has 3 N–H and O–H groups in total. The molecule has 0 amide bonds. The van der Waals surface area contributed by atoms with E-state index in [1.165, 1.54) is 12.8 Å². The Morgan fingerprint density at radius 3 is 2.88 bits per heavy atom. The normalized spacial score (nSPS) is 23.1. The number of nitrogens with zero attached hydrogens (tertiary/aromatic N) is 2. The zero-order chi connectivity index (χ0) is 11.5. The lowest BCUT2D eigenvalue weighted by Crippen LogP contribution is -2.09. The molecule has 2 rings (SSSR count). The van der Waals surface area contributed by atoms with Gasteiger partial charge in [0.1, 0.15) is 17.5 Å². The molecule has 1 heterocycles. The molecule has 16 heavy (non-hydrogen) atoms. The molecule has 1 saturated carbocycles. The van der Waals surface area contributed by atoms with Gasteiger partial charge in [-0.2, -0.15) is 0 Å². The Kier molecular flexibility index (Phi) is 3.27. The Hall–Kier alpha value is -1.32. The lowest BCUT2D eigenvalue weighted by atomic mass is 10.3. The van der Waals surface area contributed by atoms with Crippen LogP contribution in [-0.4, -0.2) is 16.0 Å². The van der Waals surface area contributed by atoms with Gasteiger partial charge < -0.3 is 11.1 Å². The third-order valence-electron chi connectivity index (χ3n) is 3.05. The van der Waals surface area contributed by atoms with E-state index in [9.17, 15) is 0 Å². The van der Waals surface area contributed by atoms with E-state index < -0.39 is 0 Å². The first-order chi connectivity index (χ1) is 7.72. The molecular formula is C12H20N4. The van der Waals surface area contributed by atoms with Crippen LogP contribution in [0.1, 0.15) is 38.9 Å². The summed E-state index contributed by atoms with van der Waals surface area (Å²) in [6, 6.07) is 2.42. The van der Waals surface area contributed by atoms with Crippen LogP contribution in [0.4, 0.5) is 11.6 Å². The number of hydrogen-bond acceptors (Lipinski definition) is 4. The van der Waals surface area contributed by atoms with Gasteiger partial charge in [-0.3, -0.25) is 0 Å². The molecular weight excluding hydrogens is 200 g/mol. The van der Waals surface area contributed by atoms with Crippen molar-refractivity contribution in [1.29, 1.82) is 0 Å². The van der Waals surface area contributed by atoms with Gasteiger partial charge >= 0.3 is 0 Å². The Labute approximate surface area is 96.7 Å². The summed E-state index contributed by atoms with van der Waals surface area (Å²) >= 11 is 0. The van der Waals surface area contributed by atoms with Crippen LogP contribution in [0.15, 0.2) is 6.07 Å². The average molecular weight is 220 g/mol. The summed E-state index contributed by atoms with van der Waals surface area (Å²) < 4.78 is 0. The summed E-state index contributed by atoms with van der Waals surface area (Å²) in [6.45, 7) is 4.34. The molecule has 1 aromatic heterocycles. The van der Waals surface area contributed by atoms with E-state index in [4.69, 9.17) is 5.73 Å². The van der Waals surface area contributed by atoms with E-state index in [0.29, 0.717) is 11.9 Å². The summed E-state index contributed by atoms with van der Waals surface area (Å²) in [5.41, 5.74) is 5.76. The summed E-state index contributed by atoms with van der Waals surface area (Å²) in [5.74, 6) is 3.11. The van der Waals surface area contributed by atoms with Crippen molar-refractivity contribution < 1.29 is 0 Å². The van der Waals surface area contributed by atoms with Crippen LogP contribution in [0.25, 0.3) is 0 Å². The van der Waals surface area contributed by atoms with Crippen LogP contribution in [0.2, 0.25) is 0 Å². The molecule has 1 fully saturated rings. The number of nitrogens with one attached hydrogen (secondary N) is 1. The topological polar surface area (TPSA) is 63.8 Å². The molecule has 1 aliphatic carbocycles. The number of nitrogen functional groups attached to an aromatic ring is 1. The van der Waals surface area contributed by atoms with E-state index in [1.807, 2.05) is 6.07 Å². The quantitative estimate of drug-likeness (QED) is 0.798. The van der Waals surface area contributed by atoms with E-state index >= 15 is 0 Å². The van der Waals surface area contributed by atoms with Gasteiger partial charge in [-0.25, -0.2) is 9.97 Å². The Bertz CT molecular complexity index is 364. The summed E-state index contributed by atoms with van der Waals surface area (Å²) in [7, 11) is 0. The van der Waals surface area contributed by atoms with Gasteiger partial charge in [-0.1, -0.05) is 20.3 Å². The highest BCUT2D eigenvalue weighted by molar-refractivity contribution is 5.46. The van der Waals surface area contributed by atoms with Crippen LogP contribution in [0.3, 0.4) is 0 Å². The molecule has 0 aliphatic heterocycles. The van der Waals surface area contributed by atoms with Gasteiger partial charge in [-0.05, 0) is 18.8 Å². The third kappa shape index (κ3) is 2.62. The molecule has 0 radical (unpaired) electrons. The molecule has 1 aliphatic rings. The maximum atomic E-state index is 5.76. The van der Waals surface area contributed by atoms with Crippen molar-refractivity contribution in [3.63, 3.8) is 0 Å². The van der Waals surface area contributed by atoms with Gasteiger partial charge in [0.15, 0.2) is 0 Å². The fourth-order valence-corrected chi connectivity index (χ4v) is 1.99. The summed E-state index contributed by atoms with van der Waals surface area (Å²) in [4.78, 5) is 8.69. The van der Waals surface area contributed by atoms with Gasteiger partial charge in [0.05, 0.1) is 0 Å². The number of anilines is 2. The second kappa shape index (κ2) is 4.68. The van der Waals surface area contributed by atoms with Crippen LogP contribution in [-0.2, 0) is 6.42 Å². The first kappa shape index (κ1) is 11.2. The second-order valence-corrected chi connectivity index (χ2v) is 4.50. The largest absolute Gasteiger partial charge is 0.384 e. The number of rotatable bonds is 5. The predicted octanol–water partition coefficient (Wildman–Crippen LogP) is 2.22.